The highest BCUT2D eigenvalue weighted by atomic mass is 35.5. The number of carbonyl (C=O) groups excluding carboxylic acids is 2. The first-order chi connectivity index (χ1) is 8.41. The Hall–Kier alpha value is -1.55. The number of ketones is 1. The van der Waals surface area contributed by atoms with Crippen LogP contribution in [0.3, 0.4) is 0 Å². The first kappa shape index (κ1) is 12.9. The molecule has 0 spiro atoms. The predicted octanol–water partition coefficient (Wildman–Crippen LogP) is 2.27. The predicted molar refractivity (Wildman–Crippen MR) is 69.5 cm³/mol. The fraction of sp³-hybridized carbons (Fsp3) is 0.385. The Kier molecular flexibility index (Phi) is 3.30. The number of halogens is 1. The zero-order valence-corrected chi connectivity index (χ0v) is 11.3. The number of rotatable bonds is 2. The summed E-state index contributed by atoms with van der Waals surface area (Å²) in [7, 11) is 0. The number of hydrogen-bond acceptors (Lipinski definition) is 3. The summed E-state index contributed by atoms with van der Waals surface area (Å²) in [5.74, 6) is 0.309. The summed E-state index contributed by atoms with van der Waals surface area (Å²) in [4.78, 5) is 24.6. The summed E-state index contributed by atoms with van der Waals surface area (Å²) < 4.78 is 5.40. The van der Waals surface area contributed by atoms with Gasteiger partial charge in [0.05, 0.1) is 12.2 Å². The summed E-state index contributed by atoms with van der Waals surface area (Å²) in [6.45, 7) is 5.16. The average molecular weight is 268 g/mol. The number of nitrogens with zero attached hydrogens (tertiary/aromatic N) is 1. The Morgan fingerprint density at radius 3 is 2.78 bits per heavy atom. The molecule has 1 amide bonds. The molecule has 0 unspecified atom stereocenters. The smallest absolute Gasteiger partial charge is 0.265 e. The van der Waals surface area contributed by atoms with E-state index in [4.69, 9.17) is 16.3 Å². The van der Waals surface area contributed by atoms with E-state index in [-0.39, 0.29) is 24.8 Å². The van der Waals surface area contributed by atoms with Gasteiger partial charge < -0.3 is 4.74 Å². The van der Waals surface area contributed by atoms with E-state index in [0.29, 0.717) is 16.5 Å². The number of carbonyl (C=O) groups is 2. The van der Waals surface area contributed by atoms with Crippen LogP contribution in [-0.2, 0) is 9.59 Å². The third-order valence-corrected chi connectivity index (χ3v) is 3.50. The van der Waals surface area contributed by atoms with Crippen LogP contribution in [0.5, 0.6) is 5.75 Å². The highest BCUT2D eigenvalue weighted by Gasteiger charge is 2.29. The van der Waals surface area contributed by atoms with Crippen molar-refractivity contribution in [2.75, 3.05) is 18.1 Å². The molecule has 1 heterocycles. The standard InChI is InChI=1S/C13H14ClNO3/c1-7-4-10-13(9(3)12(7)14)15(5-8(2)16)11(17)6-18-10/h4H,5-6H2,1-3H3. The van der Waals surface area contributed by atoms with E-state index in [1.807, 2.05) is 13.8 Å². The minimum atomic E-state index is -0.222. The summed E-state index contributed by atoms with van der Waals surface area (Å²) in [5, 5.41) is 0.598. The second-order valence-corrected chi connectivity index (χ2v) is 4.83. The molecule has 96 valence electrons. The lowest BCUT2D eigenvalue weighted by molar-refractivity contribution is -0.123. The molecule has 0 fully saturated rings. The molecule has 0 N–H and O–H groups in total. The number of aryl methyl sites for hydroxylation is 1. The van der Waals surface area contributed by atoms with E-state index in [9.17, 15) is 9.59 Å². The number of fused-ring (bicyclic) bond motifs is 1. The molecule has 0 aromatic heterocycles. The fourth-order valence-electron chi connectivity index (χ4n) is 2.09. The van der Waals surface area contributed by atoms with Gasteiger partial charge in [0, 0.05) is 5.02 Å². The minimum absolute atomic E-state index is 0.0409. The van der Waals surface area contributed by atoms with Gasteiger partial charge in [-0.25, -0.2) is 0 Å². The van der Waals surface area contributed by atoms with E-state index < -0.39 is 0 Å². The van der Waals surface area contributed by atoms with Gasteiger partial charge in [0.15, 0.2) is 6.61 Å². The SMILES string of the molecule is CC(=O)CN1C(=O)COc2cc(C)c(Cl)c(C)c21. The third-order valence-electron chi connectivity index (χ3n) is 2.91. The van der Waals surface area contributed by atoms with E-state index >= 15 is 0 Å². The summed E-state index contributed by atoms with van der Waals surface area (Å²) in [6, 6.07) is 1.80. The second kappa shape index (κ2) is 4.61. The lowest BCUT2D eigenvalue weighted by atomic mass is 10.1. The van der Waals surface area contributed by atoms with Gasteiger partial charge in [0.1, 0.15) is 11.5 Å². The lowest BCUT2D eigenvalue weighted by Crippen LogP contribution is -2.42. The Morgan fingerprint density at radius 1 is 1.50 bits per heavy atom. The van der Waals surface area contributed by atoms with E-state index in [1.165, 1.54) is 11.8 Å². The zero-order valence-electron chi connectivity index (χ0n) is 10.5. The minimum Gasteiger partial charge on any atom is -0.482 e. The fourth-order valence-corrected chi connectivity index (χ4v) is 2.23. The third kappa shape index (κ3) is 2.08. The van der Waals surface area contributed by atoms with Crippen molar-refractivity contribution < 1.29 is 14.3 Å². The maximum absolute atomic E-state index is 11.8. The molecule has 0 radical (unpaired) electrons. The van der Waals surface area contributed by atoms with E-state index in [1.54, 1.807) is 6.07 Å². The average Bonchev–Trinajstić information content (AvgIpc) is 2.29. The molecule has 0 bridgehead atoms. The Morgan fingerprint density at radius 2 is 2.17 bits per heavy atom. The number of amides is 1. The lowest BCUT2D eigenvalue weighted by Gasteiger charge is -2.31. The van der Waals surface area contributed by atoms with Crippen LogP contribution in [0.4, 0.5) is 5.69 Å². The molecule has 1 aliphatic heterocycles. The molecule has 5 heteroatoms. The van der Waals surface area contributed by atoms with Crippen LogP contribution < -0.4 is 9.64 Å². The summed E-state index contributed by atoms with van der Waals surface area (Å²) in [5.41, 5.74) is 2.27. The van der Waals surface area contributed by atoms with Gasteiger partial charge in [-0.1, -0.05) is 11.6 Å². The largest absolute Gasteiger partial charge is 0.482 e. The van der Waals surface area contributed by atoms with Gasteiger partial charge in [-0.2, -0.15) is 0 Å². The van der Waals surface area contributed by atoms with Crippen LogP contribution in [0.25, 0.3) is 0 Å². The van der Waals surface area contributed by atoms with Gasteiger partial charge in [0.2, 0.25) is 0 Å². The number of hydrogen-bond donors (Lipinski definition) is 0. The first-order valence-corrected chi connectivity index (χ1v) is 6.02. The van der Waals surface area contributed by atoms with Crippen molar-refractivity contribution in [1.82, 2.24) is 0 Å². The molecule has 18 heavy (non-hydrogen) atoms. The molecule has 0 saturated carbocycles. The number of anilines is 1. The highest BCUT2D eigenvalue weighted by molar-refractivity contribution is 6.32. The Balaban J connectivity index is 2.58. The molecule has 4 nitrogen and oxygen atoms in total. The molecule has 0 atom stereocenters. The van der Waals surface area contributed by atoms with Crippen LogP contribution in [0.15, 0.2) is 6.07 Å². The van der Waals surface area contributed by atoms with Crippen molar-refractivity contribution in [3.8, 4) is 5.75 Å². The normalized spacial score (nSPS) is 14.2. The molecule has 0 aliphatic carbocycles. The summed E-state index contributed by atoms with van der Waals surface area (Å²) in [6.07, 6.45) is 0. The number of ether oxygens (including phenoxy) is 1. The molecule has 0 saturated heterocycles. The zero-order chi connectivity index (χ0) is 13.4. The number of Topliss-reactive ketones (excluding diaryl/α,β-unsaturated/α-hetero) is 1. The van der Waals surface area contributed by atoms with Crippen LogP contribution in [-0.4, -0.2) is 24.8 Å². The molecule has 1 aromatic rings. The number of benzene rings is 1. The second-order valence-electron chi connectivity index (χ2n) is 4.45. The van der Waals surface area contributed by atoms with Crippen molar-refractivity contribution in [2.24, 2.45) is 0 Å². The Bertz CT molecular complexity index is 540. The van der Waals surface area contributed by atoms with E-state index in [0.717, 1.165) is 11.1 Å². The van der Waals surface area contributed by atoms with Gasteiger partial charge in [-0.15, -0.1) is 0 Å². The van der Waals surface area contributed by atoms with Crippen molar-refractivity contribution in [1.29, 1.82) is 0 Å². The van der Waals surface area contributed by atoms with E-state index in [2.05, 4.69) is 0 Å². The van der Waals surface area contributed by atoms with Crippen LogP contribution in [0.1, 0.15) is 18.1 Å². The monoisotopic (exact) mass is 267 g/mol. The van der Waals surface area contributed by atoms with Crippen molar-refractivity contribution in [3.05, 3.63) is 22.2 Å². The molecule has 2 rings (SSSR count). The van der Waals surface area contributed by atoms with Crippen molar-refractivity contribution in [2.45, 2.75) is 20.8 Å². The van der Waals surface area contributed by atoms with Crippen molar-refractivity contribution >= 4 is 29.0 Å². The van der Waals surface area contributed by atoms with Crippen LogP contribution >= 0.6 is 11.6 Å². The highest BCUT2D eigenvalue weighted by Crippen LogP contribution is 2.40. The molecule has 1 aromatic carbocycles. The van der Waals surface area contributed by atoms with Crippen molar-refractivity contribution in [3.63, 3.8) is 0 Å². The van der Waals surface area contributed by atoms with Gasteiger partial charge in [-0.3, -0.25) is 14.5 Å². The van der Waals surface area contributed by atoms with Gasteiger partial charge >= 0.3 is 0 Å². The quantitative estimate of drug-likeness (QED) is 0.826. The maximum atomic E-state index is 11.8. The summed E-state index contributed by atoms with van der Waals surface area (Å²) >= 11 is 6.19. The first-order valence-electron chi connectivity index (χ1n) is 5.64. The maximum Gasteiger partial charge on any atom is 0.265 e. The van der Waals surface area contributed by atoms with Crippen LogP contribution in [0, 0.1) is 13.8 Å². The van der Waals surface area contributed by atoms with Gasteiger partial charge in [0.25, 0.3) is 5.91 Å². The molecular formula is C13H14ClNO3. The Labute approximate surface area is 110 Å². The topological polar surface area (TPSA) is 46.6 Å². The molecular weight excluding hydrogens is 254 g/mol. The molecule has 1 aliphatic rings. The van der Waals surface area contributed by atoms with Gasteiger partial charge in [-0.05, 0) is 38.0 Å². The van der Waals surface area contributed by atoms with Crippen LogP contribution in [0.2, 0.25) is 5.02 Å².